The van der Waals surface area contributed by atoms with Crippen LogP contribution in [-0.4, -0.2) is 53.9 Å². The van der Waals surface area contributed by atoms with Gasteiger partial charge in [0.05, 0.1) is 11.4 Å². The minimum absolute atomic E-state index is 0.0225. The Balaban J connectivity index is 1.38. The van der Waals surface area contributed by atoms with Crippen LogP contribution in [0.2, 0.25) is 0 Å². The lowest BCUT2D eigenvalue weighted by atomic mass is 10.1. The Hall–Kier alpha value is -2.62. The van der Waals surface area contributed by atoms with Gasteiger partial charge in [-0.2, -0.15) is 9.29 Å². The summed E-state index contributed by atoms with van der Waals surface area (Å²) in [5.74, 6) is 0.462. The molecule has 2 heterocycles. The number of halogens is 1. The number of nitrogens with zero attached hydrogens (tertiary/aromatic N) is 4. The van der Waals surface area contributed by atoms with Crippen LogP contribution in [-0.2, 0) is 16.6 Å². The number of aryl methyl sites for hydroxylation is 1. The molecule has 1 saturated heterocycles. The molecule has 7 nitrogen and oxygen atoms in total. The molecule has 0 atom stereocenters. The number of rotatable bonds is 5. The third kappa shape index (κ3) is 4.36. The fourth-order valence-corrected chi connectivity index (χ4v) is 4.77. The quantitative estimate of drug-likeness (QED) is 0.636. The first-order chi connectivity index (χ1) is 13.9. The lowest BCUT2D eigenvalue weighted by Crippen LogP contribution is -2.48. The average molecular weight is 416 g/mol. The normalized spacial score (nSPS) is 16.2. The summed E-state index contributed by atoms with van der Waals surface area (Å²) in [6, 6.07) is 13.0. The van der Waals surface area contributed by atoms with Crippen molar-refractivity contribution in [1.82, 2.24) is 19.3 Å². The molecule has 0 bridgehead atoms. The van der Waals surface area contributed by atoms with Gasteiger partial charge in [-0.3, -0.25) is 4.90 Å². The zero-order valence-corrected chi connectivity index (χ0v) is 16.8. The van der Waals surface area contributed by atoms with Gasteiger partial charge in [-0.05, 0) is 31.2 Å². The van der Waals surface area contributed by atoms with Gasteiger partial charge < -0.3 is 4.52 Å². The highest BCUT2D eigenvalue weighted by Crippen LogP contribution is 2.20. The molecule has 4 rings (SSSR count). The van der Waals surface area contributed by atoms with Crippen LogP contribution >= 0.6 is 0 Å². The second kappa shape index (κ2) is 8.02. The van der Waals surface area contributed by atoms with Gasteiger partial charge in [0.25, 0.3) is 0 Å². The van der Waals surface area contributed by atoms with Crippen molar-refractivity contribution in [3.63, 3.8) is 0 Å². The maximum absolute atomic E-state index is 13.4. The smallest absolute Gasteiger partial charge is 0.243 e. The van der Waals surface area contributed by atoms with Crippen molar-refractivity contribution in [2.45, 2.75) is 18.4 Å². The monoisotopic (exact) mass is 416 g/mol. The summed E-state index contributed by atoms with van der Waals surface area (Å²) in [6.07, 6.45) is 0. The summed E-state index contributed by atoms with van der Waals surface area (Å²) in [6.45, 7) is 4.14. The molecule has 0 amide bonds. The standard InChI is InChI=1S/C20H21FN4O3S/c1-15-4-2-5-16(12-15)20-22-19(28-23-20)14-24-8-10-25(11-9-24)29(26,27)18-7-3-6-17(21)13-18/h2-7,12-13H,8-11,14H2,1H3. The molecule has 29 heavy (non-hydrogen) atoms. The minimum Gasteiger partial charge on any atom is -0.338 e. The second-order valence-corrected chi connectivity index (χ2v) is 8.96. The average Bonchev–Trinajstić information content (AvgIpc) is 3.17. The number of benzene rings is 2. The highest BCUT2D eigenvalue weighted by molar-refractivity contribution is 7.89. The molecular formula is C20H21FN4O3S. The Bertz CT molecular complexity index is 1110. The van der Waals surface area contributed by atoms with E-state index < -0.39 is 15.8 Å². The Kier molecular flexibility index (Phi) is 5.44. The van der Waals surface area contributed by atoms with Crippen LogP contribution < -0.4 is 0 Å². The van der Waals surface area contributed by atoms with E-state index in [0.29, 0.717) is 44.4 Å². The van der Waals surface area contributed by atoms with E-state index in [1.165, 1.54) is 22.5 Å². The van der Waals surface area contributed by atoms with Gasteiger partial charge in [-0.15, -0.1) is 0 Å². The van der Waals surface area contributed by atoms with Gasteiger partial charge in [0, 0.05) is 31.7 Å². The molecule has 3 aromatic rings. The zero-order chi connectivity index (χ0) is 20.4. The maximum Gasteiger partial charge on any atom is 0.243 e. The molecule has 9 heteroatoms. The van der Waals surface area contributed by atoms with E-state index in [1.54, 1.807) is 0 Å². The van der Waals surface area contributed by atoms with E-state index in [-0.39, 0.29) is 4.90 Å². The lowest BCUT2D eigenvalue weighted by Gasteiger charge is -2.33. The van der Waals surface area contributed by atoms with E-state index in [1.807, 2.05) is 31.2 Å². The third-order valence-corrected chi connectivity index (χ3v) is 6.76. The van der Waals surface area contributed by atoms with Crippen LogP contribution in [0.25, 0.3) is 11.4 Å². The summed E-state index contributed by atoms with van der Waals surface area (Å²) < 4.78 is 45.5. The van der Waals surface area contributed by atoms with Crippen LogP contribution in [0, 0.1) is 12.7 Å². The van der Waals surface area contributed by atoms with Crippen LogP contribution in [0.4, 0.5) is 4.39 Å². The SMILES string of the molecule is Cc1cccc(-c2noc(CN3CCN(S(=O)(=O)c4cccc(F)c4)CC3)n2)c1. The molecule has 0 saturated carbocycles. The van der Waals surface area contributed by atoms with E-state index in [9.17, 15) is 12.8 Å². The highest BCUT2D eigenvalue weighted by Gasteiger charge is 2.29. The van der Waals surface area contributed by atoms with Crippen molar-refractivity contribution >= 4 is 10.0 Å². The summed E-state index contributed by atoms with van der Waals surface area (Å²) in [7, 11) is -3.70. The number of aromatic nitrogens is 2. The molecule has 1 aromatic heterocycles. The van der Waals surface area contributed by atoms with Crippen molar-refractivity contribution in [2.75, 3.05) is 26.2 Å². The molecule has 1 aliphatic heterocycles. The third-order valence-electron chi connectivity index (χ3n) is 4.87. The Morgan fingerprint density at radius 1 is 1.07 bits per heavy atom. The topological polar surface area (TPSA) is 79.5 Å². The fourth-order valence-electron chi connectivity index (χ4n) is 3.32. The second-order valence-electron chi connectivity index (χ2n) is 7.02. The largest absolute Gasteiger partial charge is 0.338 e. The first-order valence-corrected chi connectivity index (χ1v) is 10.7. The minimum atomic E-state index is -3.70. The van der Waals surface area contributed by atoms with Gasteiger partial charge in [0.2, 0.25) is 21.7 Å². The predicted octanol–water partition coefficient (Wildman–Crippen LogP) is 2.69. The molecule has 152 valence electrons. The maximum atomic E-state index is 13.4. The van der Waals surface area contributed by atoms with Crippen LogP contribution in [0.3, 0.4) is 0 Å². The van der Waals surface area contributed by atoms with Gasteiger partial charge in [-0.1, -0.05) is 35.0 Å². The summed E-state index contributed by atoms with van der Waals surface area (Å²) >= 11 is 0. The Morgan fingerprint density at radius 3 is 2.55 bits per heavy atom. The summed E-state index contributed by atoms with van der Waals surface area (Å²) in [5.41, 5.74) is 2.01. The first-order valence-electron chi connectivity index (χ1n) is 9.29. The predicted molar refractivity (Wildman–Crippen MR) is 105 cm³/mol. The van der Waals surface area contributed by atoms with Gasteiger partial charge in [-0.25, -0.2) is 12.8 Å². The molecule has 0 spiro atoms. The van der Waals surface area contributed by atoms with Gasteiger partial charge >= 0.3 is 0 Å². The molecule has 0 N–H and O–H groups in total. The number of piperazine rings is 1. The van der Waals surface area contributed by atoms with Crippen molar-refractivity contribution in [2.24, 2.45) is 0 Å². The van der Waals surface area contributed by atoms with Crippen molar-refractivity contribution in [1.29, 1.82) is 0 Å². The zero-order valence-electron chi connectivity index (χ0n) is 16.0. The molecule has 1 fully saturated rings. The summed E-state index contributed by atoms with van der Waals surface area (Å²) in [4.78, 5) is 6.49. The molecule has 0 radical (unpaired) electrons. The highest BCUT2D eigenvalue weighted by atomic mass is 32.2. The first kappa shape index (κ1) is 19.7. The molecular weight excluding hydrogens is 395 g/mol. The van der Waals surface area contributed by atoms with E-state index >= 15 is 0 Å². The molecule has 0 unspecified atom stereocenters. The number of hydrogen-bond acceptors (Lipinski definition) is 6. The van der Waals surface area contributed by atoms with Gasteiger partial charge in [0.1, 0.15) is 5.82 Å². The molecule has 2 aromatic carbocycles. The van der Waals surface area contributed by atoms with Crippen LogP contribution in [0.5, 0.6) is 0 Å². The lowest BCUT2D eigenvalue weighted by molar-refractivity contribution is 0.163. The van der Waals surface area contributed by atoms with Crippen molar-refractivity contribution in [3.8, 4) is 11.4 Å². The van der Waals surface area contributed by atoms with Crippen molar-refractivity contribution < 1.29 is 17.3 Å². The Morgan fingerprint density at radius 2 is 1.83 bits per heavy atom. The summed E-state index contributed by atoms with van der Waals surface area (Å²) in [5, 5.41) is 4.04. The van der Waals surface area contributed by atoms with E-state index in [0.717, 1.165) is 17.2 Å². The fraction of sp³-hybridized carbons (Fsp3) is 0.300. The molecule has 0 aliphatic carbocycles. The van der Waals surface area contributed by atoms with E-state index in [4.69, 9.17) is 4.52 Å². The van der Waals surface area contributed by atoms with Crippen LogP contribution in [0.15, 0.2) is 57.9 Å². The Labute approximate surface area is 168 Å². The van der Waals surface area contributed by atoms with Gasteiger partial charge in [0.15, 0.2) is 0 Å². The van der Waals surface area contributed by atoms with Crippen molar-refractivity contribution in [3.05, 3.63) is 65.8 Å². The van der Waals surface area contributed by atoms with E-state index in [2.05, 4.69) is 15.0 Å². The van der Waals surface area contributed by atoms with Crippen LogP contribution in [0.1, 0.15) is 11.5 Å². The number of sulfonamides is 1. The molecule has 1 aliphatic rings. The number of hydrogen-bond donors (Lipinski definition) is 0.